The van der Waals surface area contributed by atoms with Gasteiger partial charge in [0.1, 0.15) is 5.75 Å². The molecule has 4 heteroatoms. The molecular weight excluding hydrogens is 250 g/mol. The Balaban J connectivity index is 2.37. The van der Waals surface area contributed by atoms with Gasteiger partial charge in [0, 0.05) is 17.3 Å². The summed E-state index contributed by atoms with van der Waals surface area (Å²) in [4.78, 5) is 0. The molecule has 0 spiro atoms. The molecule has 0 N–H and O–H groups in total. The molecule has 0 atom stereocenters. The molecule has 1 heterocycles. The molecule has 4 nitrogen and oxygen atoms in total. The van der Waals surface area contributed by atoms with Gasteiger partial charge in [0.25, 0.3) is 0 Å². The number of benzene rings is 1. The first-order valence-corrected chi connectivity index (χ1v) is 6.73. The zero-order chi connectivity index (χ0) is 14.5. The highest BCUT2D eigenvalue weighted by atomic mass is 16.5. The third kappa shape index (κ3) is 3.00. The maximum absolute atomic E-state index is 8.62. The van der Waals surface area contributed by atoms with E-state index in [9.17, 15) is 0 Å². The molecule has 0 aliphatic heterocycles. The van der Waals surface area contributed by atoms with E-state index in [0.29, 0.717) is 18.9 Å². The Morgan fingerprint density at radius 2 is 2.20 bits per heavy atom. The number of nitriles is 1. The van der Waals surface area contributed by atoms with Crippen LogP contribution in [0.2, 0.25) is 0 Å². The van der Waals surface area contributed by atoms with E-state index in [2.05, 4.69) is 37.1 Å². The van der Waals surface area contributed by atoms with Crippen LogP contribution in [0.4, 0.5) is 0 Å². The van der Waals surface area contributed by atoms with Crippen LogP contribution in [-0.2, 0) is 6.54 Å². The summed E-state index contributed by atoms with van der Waals surface area (Å²) < 4.78 is 7.23. The predicted octanol–water partition coefficient (Wildman–Crippen LogP) is 3.60. The fraction of sp³-hybridized carbons (Fsp3) is 0.375. The van der Waals surface area contributed by atoms with Gasteiger partial charge in [-0.3, -0.25) is 4.68 Å². The van der Waals surface area contributed by atoms with Gasteiger partial charge in [-0.2, -0.15) is 10.4 Å². The Morgan fingerprint density at radius 1 is 1.40 bits per heavy atom. The number of ether oxygens (including phenoxy) is 1. The van der Waals surface area contributed by atoms with E-state index in [1.165, 1.54) is 5.56 Å². The molecule has 1 aromatic heterocycles. The molecule has 0 aliphatic carbocycles. The van der Waals surface area contributed by atoms with Gasteiger partial charge in [-0.05, 0) is 23.6 Å². The number of rotatable bonds is 5. The van der Waals surface area contributed by atoms with Gasteiger partial charge in [0.2, 0.25) is 0 Å². The predicted molar refractivity (Wildman–Crippen MR) is 78.5 cm³/mol. The van der Waals surface area contributed by atoms with E-state index in [1.54, 1.807) is 11.8 Å². The number of nitrogens with zero attached hydrogens (tertiary/aromatic N) is 3. The fourth-order valence-electron chi connectivity index (χ4n) is 2.10. The molecule has 2 rings (SSSR count). The van der Waals surface area contributed by atoms with E-state index < -0.39 is 0 Å². The second kappa shape index (κ2) is 6.25. The molecular formula is C16H19N3O. The molecule has 0 amide bonds. The van der Waals surface area contributed by atoms with E-state index in [1.807, 2.05) is 18.5 Å². The first kappa shape index (κ1) is 14.1. The van der Waals surface area contributed by atoms with Gasteiger partial charge in [-0.25, -0.2) is 0 Å². The lowest BCUT2D eigenvalue weighted by molar-refractivity contribution is 0.416. The van der Waals surface area contributed by atoms with Crippen LogP contribution in [0.15, 0.2) is 30.6 Å². The van der Waals surface area contributed by atoms with Crippen molar-refractivity contribution >= 4 is 0 Å². The van der Waals surface area contributed by atoms with Crippen molar-refractivity contribution in [3.8, 4) is 22.9 Å². The monoisotopic (exact) mass is 269 g/mol. The lowest BCUT2D eigenvalue weighted by Gasteiger charge is -2.11. The Kier molecular flexibility index (Phi) is 4.41. The second-order valence-electron chi connectivity index (χ2n) is 5.01. The molecule has 0 unspecified atom stereocenters. The van der Waals surface area contributed by atoms with Crippen LogP contribution in [0.5, 0.6) is 5.75 Å². The van der Waals surface area contributed by atoms with Crippen LogP contribution in [0.25, 0.3) is 11.1 Å². The van der Waals surface area contributed by atoms with Gasteiger partial charge in [-0.1, -0.05) is 19.9 Å². The van der Waals surface area contributed by atoms with Crippen LogP contribution in [-0.4, -0.2) is 16.9 Å². The van der Waals surface area contributed by atoms with Crippen molar-refractivity contribution in [2.45, 2.75) is 32.7 Å². The molecule has 0 saturated heterocycles. The van der Waals surface area contributed by atoms with Crippen LogP contribution in [0, 0.1) is 11.3 Å². The standard InChI is InChI=1S/C16H19N3O/c1-12(2)13-5-6-16(20-3)15(9-13)14-10-18-19(11-14)8-4-7-17/h5-6,9-12H,4,8H2,1-3H3. The third-order valence-corrected chi connectivity index (χ3v) is 3.29. The normalized spacial score (nSPS) is 10.6. The summed E-state index contributed by atoms with van der Waals surface area (Å²) >= 11 is 0. The molecule has 104 valence electrons. The SMILES string of the molecule is COc1ccc(C(C)C)cc1-c1cnn(CCC#N)c1. The number of aryl methyl sites for hydroxylation is 1. The van der Waals surface area contributed by atoms with Crippen molar-refractivity contribution in [3.63, 3.8) is 0 Å². The highest BCUT2D eigenvalue weighted by Crippen LogP contribution is 2.32. The largest absolute Gasteiger partial charge is 0.496 e. The summed E-state index contributed by atoms with van der Waals surface area (Å²) in [6.07, 6.45) is 4.24. The van der Waals surface area contributed by atoms with Gasteiger partial charge in [0.15, 0.2) is 0 Å². The summed E-state index contributed by atoms with van der Waals surface area (Å²) in [5.74, 6) is 1.31. The zero-order valence-corrected chi connectivity index (χ0v) is 12.1. The molecule has 0 saturated carbocycles. The average Bonchev–Trinajstić information content (AvgIpc) is 2.93. The number of hydrogen-bond acceptors (Lipinski definition) is 3. The summed E-state index contributed by atoms with van der Waals surface area (Å²) in [6.45, 7) is 4.95. The third-order valence-electron chi connectivity index (χ3n) is 3.29. The maximum Gasteiger partial charge on any atom is 0.126 e. The molecule has 0 bridgehead atoms. The summed E-state index contributed by atoms with van der Waals surface area (Å²) in [7, 11) is 1.67. The minimum atomic E-state index is 0.463. The van der Waals surface area contributed by atoms with Gasteiger partial charge in [0.05, 0.1) is 32.3 Å². The van der Waals surface area contributed by atoms with E-state index in [0.717, 1.165) is 16.9 Å². The summed E-state index contributed by atoms with van der Waals surface area (Å²) in [5.41, 5.74) is 3.33. The van der Waals surface area contributed by atoms with Crippen molar-refractivity contribution in [3.05, 3.63) is 36.2 Å². The Labute approximate surface area is 119 Å². The molecule has 0 fully saturated rings. The maximum atomic E-state index is 8.62. The topological polar surface area (TPSA) is 50.8 Å². The zero-order valence-electron chi connectivity index (χ0n) is 12.1. The number of methoxy groups -OCH3 is 1. The molecule has 1 aromatic carbocycles. The van der Waals surface area contributed by atoms with Gasteiger partial charge < -0.3 is 4.74 Å². The van der Waals surface area contributed by atoms with Crippen molar-refractivity contribution in [2.24, 2.45) is 0 Å². The van der Waals surface area contributed by atoms with Crippen molar-refractivity contribution in [1.29, 1.82) is 5.26 Å². The van der Waals surface area contributed by atoms with Crippen LogP contribution < -0.4 is 4.74 Å². The van der Waals surface area contributed by atoms with Crippen LogP contribution >= 0.6 is 0 Å². The Bertz CT molecular complexity index is 623. The molecule has 2 aromatic rings. The average molecular weight is 269 g/mol. The van der Waals surface area contributed by atoms with E-state index >= 15 is 0 Å². The van der Waals surface area contributed by atoms with Crippen molar-refractivity contribution in [1.82, 2.24) is 9.78 Å². The van der Waals surface area contributed by atoms with Gasteiger partial charge in [-0.15, -0.1) is 0 Å². The minimum absolute atomic E-state index is 0.463. The first-order chi connectivity index (χ1) is 9.65. The van der Waals surface area contributed by atoms with E-state index in [4.69, 9.17) is 10.00 Å². The van der Waals surface area contributed by atoms with Crippen LogP contribution in [0.1, 0.15) is 31.7 Å². The van der Waals surface area contributed by atoms with Crippen LogP contribution in [0.3, 0.4) is 0 Å². The lowest BCUT2D eigenvalue weighted by atomic mass is 9.98. The minimum Gasteiger partial charge on any atom is -0.496 e. The molecule has 20 heavy (non-hydrogen) atoms. The molecule has 0 radical (unpaired) electrons. The summed E-state index contributed by atoms with van der Waals surface area (Å²) in [6, 6.07) is 8.36. The Morgan fingerprint density at radius 3 is 2.85 bits per heavy atom. The Hall–Kier alpha value is -2.28. The summed E-state index contributed by atoms with van der Waals surface area (Å²) in [5, 5.41) is 12.9. The first-order valence-electron chi connectivity index (χ1n) is 6.73. The van der Waals surface area contributed by atoms with Crippen molar-refractivity contribution in [2.75, 3.05) is 7.11 Å². The highest BCUT2D eigenvalue weighted by Gasteiger charge is 2.11. The van der Waals surface area contributed by atoms with E-state index in [-0.39, 0.29) is 0 Å². The number of aromatic nitrogens is 2. The van der Waals surface area contributed by atoms with Crippen molar-refractivity contribution < 1.29 is 4.74 Å². The fourth-order valence-corrected chi connectivity index (χ4v) is 2.10. The number of hydrogen-bond donors (Lipinski definition) is 0. The quantitative estimate of drug-likeness (QED) is 0.833. The smallest absolute Gasteiger partial charge is 0.126 e. The lowest BCUT2D eigenvalue weighted by Crippen LogP contribution is -1.96. The molecule has 0 aliphatic rings. The second-order valence-corrected chi connectivity index (χ2v) is 5.01. The highest BCUT2D eigenvalue weighted by molar-refractivity contribution is 5.70. The van der Waals surface area contributed by atoms with Gasteiger partial charge >= 0.3 is 0 Å².